The van der Waals surface area contributed by atoms with Gasteiger partial charge in [-0.1, -0.05) is 55.5 Å². The highest BCUT2D eigenvalue weighted by Crippen LogP contribution is 2.44. The summed E-state index contributed by atoms with van der Waals surface area (Å²) in [5.74, 6) is -1.80. The van der Waals surface area contributed by atoms with E-state index in [1.165, 1.54) is 0 Å². The van der Waals surface area contributed by atoms with Crippen molar-refractivity contribution in [3.63, 3.8) is 0 Å². The molecule has 0 aliphatic heterocycles. The third-order valence-corrected chi connectivity index (χ3v) is 5.64. The summed E-state index contributed by atoms with van der Waals surface area (Å²) in [6, 6.07) is 14.4. The number of fused-ring (bicyclic) bond motifs is 3. The first kappa shape index (κ1) is 23.3. The summed E-state index contributed by atoms with van der Waals surface area (Å²) in [6.45, 7) is 1.62. The highest BCUT2D eigenvalue weighted by molar-refractivity contribution is 5.84. The van der Waals surface area contributed by atoms with Crippen molar-refractivity contribution in [2.75, 3.05) is 13.2 Å². The Balaban J connectivity index is 1.56. The van der Waals surface area contributed by atoms with Gasteiger partial charge in [0.15, 0.2) is 0 Å². The molecule has 1 aliphatic carbocycles. The number of aliphatic hydroxyl groups is 1. The van der Waals surface area contributed by atoms with Gasteiger partial charge < -0.3 is 25.6 Å². The van der Waals surface area contributed by atoms with Crippen LogP contribution in [0.2, 0.25) is 0 Å². The summed E-state index contributed by atoms with van der Waals surface area (Å²) >= 11 is 0. The van der Waals surface area contributed by atoms with Crippen LogP contribution < -0.4 is 10.6 Å². The first-order valence-corrected chi connectivity index (χ1v) is 10.7. The average molecular weight is 440 g/mol. The van der Waals surface area contributed by atoms with E-state index in [4.69, 9.17) is 14.9 Å². The molecule has 32 heavy (non-hydrogen) atoms. The lowest BCUT2D eigenvalue weighted by atomic mass is 9.98. The predicted molar refractivity (Wildman–Crippen MR) is 118 cm³/mol. The van der Waals surface area contributed by atoms with Crippen LogP contribution in [0.4, 0.5) is 4.79 Å². The number of benzene rings is 2. The molecule has 2 amide bonds. The summed E-state index contributed by atoms with van der Waals surface area (Å²) in [4.78, 5) is 35.7. The predicted octanol–water partition coefficient (Wildman–Crippen LogP) is 2.65. The second-order valence-electron chi connectivity index (χ2n) is 7.75. The second-order valence-corrected chi connectivity index (χ2v) is 7.75. The van der Waals surface area contributed by atoms with Crippen molar-refractivity contribution < 1.29 is 29.3 Å². The Labute approximate surface area is 186 Å². The van der Waals surface area contributed by atoms with Gasteiger partial charge in [0.25, 0.3) is 0 Å². The first-order chi connectivity index (χ1) is 15.4. The number of nitrogens with one attached hydrogen (secondary N) is 2. The van der Waals surface area contributed by atoms with Crippen LogP contribution in [0.5, 0.6) is 0 Å². The number of alkyl carbamates (subject to hydrolysis) is 1. The number of ether oxygens (including phenoxy) is 1. The van der Waals surface area contributed by atoms with Crippen LogP contribution in [-0.4, -0.2) is 53.5 Å². The molecule has 8 heteroatoms. The number of carboxylic acid groups (broad SMARTS) is 1. The normalized spacial score (nSPS) is 14.1. The number of carbonyl (C=O) groups excluding carboxylic acids is 2. The number of carbonyl (C=O) groups is 3. The molecule has 4 N–H and O–H groups in total. The first-order valence-electron chi connectivity index (χ1n) is 10.7. The highest BCUT2D eigenvalue weighted by atomic mass is 16.5. The van der Waals surface area contributed by atoms with E-state index in [-0.39, 0.29) is 32.0 Å². The Morgan fingerprint density at radius 1 is 1.00 bits per heavy atom. The molecule has 0 saturated carbocycles. The van der Waals surface area contributed by atoms with E-state index in [1.54, 1.807) is 0 Å². The molecule has 170 valence electrons. The zero-order valence-corrected chi connectivity index (χ0v) is 17.9. The zero-order chi connectivity index (χ0) is 23.1. The molecule has 0 bridgehead atoms. The van der Waals surface area contributed by atoms with Crippen molar-refractivity contribution in [2.24, 2.45) is 0 Å². The van der Waals surface area contributed by atoms with Crippen molar-refractivity contribution in [2.45, 2.75) is 44.2 Å². The van der Waals surface area contributed by atoms with Crippen molar-refractivity contribution >= 4 is 18.0 Å². The van der Waals surface area contributed by atoms with Gasteiger partial charge in [-0.2, -0.15) is 0 Å². The maximum Gasteiger partial charge on any atom is 0.407 e. The van der Waals surface area contributed by atoms with E-state index in [0.29, 0.717) is 6.42 Å². The van der Waals surface area contributed by atoms with Crippen LogP contribution in [0.1, 0.15) is 43.2 Å². The molecule has 2 aromatic rings. The number of amides is 2. The molecule has 0 radical (unpaired) electrons. The monoisotopic (exact) mass is 440 g/mol. The van der Waals surface area contributed by atoms with Gasteiger partial charge in [-0.25, -0.2) is 9.59 Å². The minimum absolute atomic E-state index is 0.0636. The number of hydrogen-bond donors (Lipinski definition) is 4. The molecule has 2 unspecified atom stereocenters. The quantitative estimate of drug-likeness (QED) is 0.450. The molecule has 0 spiro atoms. The molecule has 3 rings (SSSR count). The summed E-state index contributed by atoms with van der Waals surface area (Å²) in [7, 11) is 0. The van der Waals surface area contributed by atoms with E-state index < -0.39 is 30.1 Å². The number of rotatable bonds is 10. The molecule has 0 saturated heterocycles. The zero-order valence-electron chi connectivity index (χ0n) is 17.9. The summed E-state index contributed by atoms with van der Waals surface area (Å²) in [6.07, 6.45) is -0.334. The Morgan fingerprint density at radius 3 is 2.12 bits per heavy atom. The van der Waals surface area contributed by atoms with E-state index in [2.05, 4.69) is 22.8 Å². The number of carboxylic acids is 1. The Kier molecular flexibility index (Phi) is 7.83. The van der Waals surface area contributed by atoms with Crippen LogP contribution in [0.15, 0.2) is 48.5 Å². The third kappa shape index (κ3) is 5.45. The molecule has 8 nitrogen and oxygen atoms in total. The molecule has 0 aromatic heterocycles. The summed E-state index contributed by atoms with van der Waals surface area (Å²) < 4.78 is 5.50. The fourth-order valence-electron chi connectivity index (χ4n) is 3.97. The van der Waals surface area contributed by atoms with Gasteiger partial charge in [-0.15, -0.1) is 0 Å². The molecule has 1 aliphatic rings. The minimum atomic E-state index is -1.22. The summed E-state index contributed by atoms with van der Waals surface area (Å²) in [5.41, 5.74) is 4.49. The fraction of sp³-hybridized carbons (Fsp3) is 0.375. The minimum Gasteiger partial charge on any atom is -0.480 e. The van der Waals surface area contributed by atoms with Crippen LogP contribution in [0.3, 0.4) is 0 Å². The number of aliphatic carboxylic acids is 1. The van der Waals surface area contributed by atoms with Gasteiger partial charge in [-0.05, 0) is 28.7 Å². The topological polar surface area (TPSA) is 125 Å². The number of hydrogen-bond acceptors (Lipinski definition) is 5. The maximum absolute atomic E-state index is 12.4. The van der Waals surface area contributed by atoms with Crippen LogP contribution >= 0.6 is 0 Å². The maximum atomic E-state index is 12.4. The molecule has 2 atom stereocenters. The third-order valence-electron chi connectivity index (χ3n) is 5.64. The Hall–Kier alpha value is -3.39. The molecule has 0 heterocycles. The highest BCUT2D eigenvalue weighted by Gasteiger charge is 2.29. The van der Waals surface area contributed by atoms with Crippen LogP contribution in [0, 0.1) is 0 Å². The van der Waals surface area contributed by atoms with Gasteiger partial charge in [0.2, 0.25) is 5.91 Å². The van der Waals surface area contributed by atoms with Crippen molar-refractivity contribution in [1.29, 1.82) is 0 Å². The van der Waals surface area contributed by atoms with Gasteiger partial charge in [-0.3, -0.25) is 4.79 Å². The second kappa shape index (κ2) is 10.8. The van der Waals surface area contributed by atoms with E-state index in [9.17, 15) is 14.4 Å². The van der Waals surface area contributed by atoms with E-state index >= 15 is 0 Å². The van der Waals surface area contributed by atoms with Crippen LogP contribution in [0.25, 0.3) is 11.1 Å². The fourth-order valence-corrected chi connectivity index (χ4v) is 3.97. The average Bonchev–Trinajstić information content (AvgIpc) is 3.10. The van der Waals surface area contributed by atoms with Gasteiger partial charge >= 0.3 is 12.1 Å². The van der Waals surface area contributed by atoms with Crippen molar-refractivity contribution in [3.8, 4) is 11.1 Å². The smallest absolute Gasteiger partial charge is 0.407 e. The van der Waals surface area contributed by atoms with Crippen molar-refractivity contribution in [1.82, 2.24) is 10.6 Å². The lowest BCUT2D eigenvalue weighted by molar-refractivity contribution is -0.142. The van der Waals surface area contributed by atoms with Gasteiger partial charge in [0.05, 0.1) is 0 Å². The molecular weight excluding hydrogens is 412 g/mol. The molecular formula is C24H28N2O6. The Bertz CT molecular complexity index is 931. The van der Waals surface area contributed by atoms with Gasteiger partial charge in [0, 0.05) is 31.4 Å². The SMILES string of the molecule is CCC(CC(=O)NC(CCO)C(=O)O)NC(=O)OCC1c2ccccc2-c2ccccc21. The molecule has 2 aromatic carbocycles. The van der Waals surface area contributed by atoms with E-state index in [1.807, 2.05) is 43.3 Å². The number of aliphatic hydroxyl groups excluding tert-OH is 1. The van der Waals surface area contributed by atoms with Crippen LogP contribution in [-0.2, 0) is 14.3 Å². The lowest BCUT2D eigenvalue weighted by Gasteiger charge is -2.20. The van der Waals surface area contributed by atoms with Gasteiger partial charge in [0.1, 0.15) is 12.6 Å². The molecule has 0 fully saturated rings. The largest absolute Gasteiger partial charge is 0.480 e. The summed E-state index contributed by atoms with van der Waals surface area (Å²) in [5, 5.41) is 23.1. The standard InChI is InChI=1S/C24H28N2O6/c1-2-15(13-22(28)26-21(11-12-27)23(29)30)25-24(31)32-14-20-18-9-5-3-7-16(18)17-8-4-6-10-19(17)20/h3-10,15,20-21,27H,2,11-14H2,1H3,(H,25,31)(H,26,28)(H,29,30). The van der Waals surface area contributed by atoms with Crippen molar-refractivity contribution in [3.05, 3.63) is 59.7 Å². The van der Waals surface area contributed by atoms with E-state index in [0.717, 1.165) is 22.3 Å². The Morgan fingerprint density at radius 2 is 1.59 bits per heavy atom. The lowest BCUT2D eigenvalue weighted by Crippen LogP contribution is -2.45.